The predicted molar refractivity (Wildman–Crippen MR) is 121 cm³/mol. The number of benzene rings is 2. The largest absolute Gasteiger partial charge is 0.372 e. The van der Waals surface area contributed by atoms with Crippen molar-refractivity contribution < 1.29 is 4.79 Å². The standard InChI is InChI=1S/C24H32N2OS/c1-18-4-6-21(7-5-18)16-28-17-24(27)25-20(3)22-8-10-23(11-9-22)26-14-12-19(2)13-15-26/h4-11,19-20H,12-17H2,1-3H3,(H,25,27). The van der Waals surface area contributed by atoms with Gasteiger partial charge in [-0.15, -0.1) is 11.8 Å². The number of aryl methyl sites for hydroxylation is 1. The van der Waals surface area contributed by atoms with E-state index in [9.17, 15) is 4.79 Å². The molecule has 1 fully saturated rings. The Kier molecular flexibility index (Phi) is 7.43. The van der Waals surface area contributed by atoms with Crippen LogP contribution < -0.4 is 10.2 Å². The number of hydrogen-bond donors (Lipinski definition) is 1. The van der Waals surface area contributed by atoms with E-state index in [1.807, 2.05) is 0 Å². The Morgan fingerprint density at radius 2 is 1.75 bits per heavy atom. The quantitative estimate of drug-likeness (QED) is 0.685. The molecule has 0 radical (unpaired) electrons. The van der Waals surface area contributed by atoms with E-state index in [1.165, 1.54) is 29.7 Å². The molecule has 3 nitrogen and oxygen atoms in total. The molecule has 1 N–H and O–H groups in total. The Balaban J connectivity index is 1.43. The maximum absolute atomic E-state index is 12.3. The number of thioether (sulfide) groups is 1. The molecular formula is C24H32N2OS. The van der Waals surface area contributed by atoms with Crippen LogP contribution in [0.15, 0.2) is 48.5 Å². The second kappa shape index (κ2) is 10.0. The number of hydrogen-bond acceptors (Lipinski definition) is 3. The van der Waals surface area contributed by atoms with Crippen molar-refractivity contribution in [1.82, 2.24) is 5.32 Å². The van der Waals surface area contributed by atoms with E-state index in [-0.39, 0.29) is 11.9 Å². The van der Waals surface area contributed by atoms with Crippen molar-refractivity contribution in [3.8, 4) is 0 Å². The first-order valence-electron chi connectivity index (χ1n) is 10.3. The van der Waals surface area contributed by atoms with Crippen molar-refractivity contribution >= 4 is 23.4 Å². The van der Waals surface area contributed by atoms with Gasteiger partial charge in [-0.05, 0) is 55.9 Å². The molecule has 150 valence electrons. The number of amides is 1. The maximum atomic E-state index is 12.3. The molecule has 2 aromatic carbocycles. The highest BCUT2D eigenvalue weighted by molar-refractivity contribution is 7.99. The van der Waals surface area contributed by atoms with Gasteiger partial charge in [0.25, 0.3) is 0 Å². The topological polar surface area (TPSA) is 32.3 Å². The monoisotopic (exact) mass is 396 g/mol. The summed E-state index contributed by atoms with van der Waals surface area (Å²) in [5, 5.41) is 3.12. The first-order chi connectivity index (χ1) is 13.5. The molecule has 4 heteroatoms. The summed E-state index contributed by atoms with van der Waals surface area (Å²) in [6.07, 6.45) is 2.54. The van der Waals surface area contributed by atoms with Crippen LogP contribution >= 0.6 is 11.8 Å². The van der Waals surface area contributed by atoms with Gasteiger partial charge in [0.05, 0.1) is 11.8 Å². The SMILES string of the molecule is Cc1ccc(CSCC(=O)NC(C)c2ccc(N3CCC(C)CC3)cc2)cc1. The van der Waals surface area contributed by atoms with Gasteiger partial charge < -0.3 is 10.2 Å². The summed E-state index contributed by atoms with van der Waals surface area (Å²) in [5.74, 6) is 2.29. The van der Waals surface area contributed by atoms with Gasteiger partial charge in [-0.3, -0.25) is 4.79 Å². The summed E-state index contributed by atoms with van der Waals surface area (Å²) < 4.78 is 0. The smallest absolute Gasteiger partial charge is 0.230 e. The molecule has 3 rings (SSSR count). The van der Waals surface area contributed by atoms with Gasteiger partial charge in [0.1, 0.15) is 0 Å². The molecule has 1 saturated heterocycles. The van der Waals surface area contributed by atoms with Gasteiger partial charge in [0, 0.05) is 24.5 Å². The van der Waals surface area contributed by atoms with Crippen LogP contribution in [-0.2, 0) is 10.5 Å². The molecule has 0 bridgehead atoms. The van der Waals surface area contributed by atoms with Crippen LogP contribution in [0.3, 0.4) is 0 Å². The first kappa shape index (κ1) is 20.8. The molecule has 1 atom stereocenters. The minimum Gasteiger partial charge on any atom is -0.372 e. The third-order valence-electron chi connectivity index (χ3n) is 5.54. The summed E-state index contributed by atoms with van der Waals surface area (Å²) in [7, 11) is 0. The lowest BCUT2D eigenvalue weighted by molar-refractivity contribution is -0.119. The highest BCUT2D eigenvalue weighted by Gasteiger charge is 2.16. The van der Waals surface area contributed by atoms with Crippen LogP contribution in [0.4, 0.5) is 5.69 Å². The highest BCUT2D eigenvalue weighted by Crippen LogP contribution is 2.24. The average molecular weight is 397 g/mol. The molecule has 1 unspecified atom stereocenters. The zero-order valence-electron chi connectivity index (χ0n) is 17.3. The average Bonchev–Trinajstić information content (AvgIpc) is 2.70. The first-order valence-corrected chi connectivity index (χ1v) is 11.4. The lowest BCUT2D eigenvalue weighted by Crippen LogP contribution is -2.32. The molecule has 28 heavy (non-hydrogen) atoms. The minimum absolute atomic E-state index is 0.0305. The number of anilines is 1. The van der Waals surface area contributed by atoms with Crippen molar-refractivity contribution in [2.24, 2.45) is 5.92 Å². The van der Waals surface area contributed by atoms with Gasteiger partial charge >= 0.3 is 0 Å². The zero-order chi connectivity index (χ0) is 19.9. The van der Waals surface area contributed by atoms with E-state index in [4.69, 9.17) is 0 Å². The van der Waals surface area contributed by atoms with Gasteiger partial charge in [0.15, 0.2) is 0 Å². The van der Waals surface area contributed by atoms with Crippen molar-refractivity contribution in [2.45, 2.75) is 45.4 Å². The molecule has 0 aromatic heterocycles. The molecule has 2 aromatic rings. The Morgan fingerprint density at radius 3 is 2.39 bits per heavy atom. The Labute approximate surface area is 173 Å². The molecule has 1 heterocycles. The van der Waals surface area contributed by atoms with Crippen molar-refractivity contribution in [3.05, 3.63) is 65.2 Å². The fourth-order valence-corrected chi connectivity index (χ4v) is 4.35. The third kappa shape index (κ3) is 6.03. The van der Waals surface area contributed by atoms with Crippen molar-refractivity contribution in [1.29, 1.82) is 0 Å². The number of nitrogens with zero attached hydrogens (tertiary/aromatic N) is 1. The van der Waals surface area contributed by atoms with Crippen LogP contribution in [0.1, 0.15) is 49.4 Å². The second-order valence-corrected chi connectivity index (χ2v) is 9.01. The third-order valence-corrected chi connectivity index (χ3v) is 6.55. The number of carbonyl (C=O) groups excluding carboxylic acids is 1. The van der Waals surface area contributed by atoms with Crippen LogP contribution in [0, 0.1) is 12.8 Å². The lowest BCUT2D eigenvalue weighted by atomic mass is 9.98. The van der Waals surface area contributed by atoms with Gasteiger partial charge in [-0.1, -0.05) is 48.9 Å². The van der Waals surface area contributed by atoms with E-state index < -0.39 is 0 Å². The zero-order valence-corrected chi connectivity index (χ0v) is 18.1. The van der Waals surface area contributed by atoms with E-state index >= 15 is 0 Å². The Morgan fingerprint density at radius 1 is 1.11 bits per heavy atom. The Bertz CT molecular complexity index is 749. The second-order valence-electron chi connectivity index (χ2n) is 8.03. The van der Waals surface area contributed by atoms with Crippen LogP contribution in [0.2, 0.25) is 0 Å². The van der Waals surface area contributed by atoms with Gasteiger partial charge in [-0.25, -0.2) is 0 Å². The molecule has 1 aliphatic heterocycles. The Hall–Kier alpha value is -1.94. The number of carbonyl (C=O) groups is 1. The lowest BCUT2D eigenvalue weighted by Gasteiger charge is -2.32. The van der Waals surface area contributed by atoms with Crippen LogP contribution in [-0.4, -0.2) is 24.7 Å². The van der Waals surface area contributed by atoms with Crippen LogP contribution in [0.5, 0.6) is 0 Å². The summed E-state index contributed by atoms with van der Waals surface area (Å²) in [6.45, 7) is 8.77. The maximum Gasteiger partial charge on any atom is 0.230 e. The minimum atomic E-state index is 0.0305. The fourth-order valence-electron chi connectivity index (χ4n) is 3.55. The normalized spacial score (nSPS) is 16.0. The van der Waals surface area contributed by atoms with Gasteiger partial charge in [-0.2, -0.15) is 0 Å². The summed E-state index contributed by atoms with van der Waals surface area (Å²) in [5.41, 5.74) is 4.98. The van der Waals surface area contributed by atoms with E-state index in [1.54, 1.807) is 11.8 Å². The summed E-state index contributed by atoms with van der Waals surface area (Å²) in [4.78, 5) is 14.7. The van der Waals surface area contributed by atoms with E-state index in [0.29, 0.717) is 5.75 Å². The molecular weight excluding hydrogens is 364 g/mol. The predicted octanol–water partition coefficient (Wildman–Crippen LogP) is 5.34. The number of piperidine rings is 1. The number of rotatable bonds is 7. The van der Waals surface area contributed by atoms with Crippen molar-refractivity contribution in [3.63, 3.8) is 0 Å². The van der Waals surface area contributed by atoms with Gasteiger partial charge in [0.2, 0.25) is 5.91 Å². The van der Waals surface area contributed by atoms with E-state index in [2.05, 4.69) is 79.5 Å². The summed E-state index contributed by atoms with van der Waals surface area (Å²) in [6, 6.07) is 17.2. The summed E-state index contributed by atoms with van der Waals surface area (Å²) >= 11 is 1.66. The number of nitrogens with one attached hydrogen (secondary N) is 1. The van der Waals surface area contributed by atoms with E-state index in [0.717, 1.165) is 30.3 Å². The molecule has 1 aliphatic rings. The van der Waals surface area contributed by atoms with Crippen LogP contribution in [0.25, 0.3) is 0 Å². The molecule has 0 saturated carbocycles. The highest BCUT2D eigenvalue weighted by atomic mass is 32.2. The molecule has 0 spiro atoms. The fraction of sp³-hybridized carbons (Fsp3) is 0.458. The van der Waals surface area contributed by atoms with Crippen molar-refractivity contribution in [2.75, 3.05) is 23.7 Å². The molecule has 1 amide bonds. The molecule has 0 aliphatic carbocycles.